The zero-order valence-electron chi connectivity index (χ0n) is 19.1. The molecule has 0 bridgehead atoms. The lowest BCUT2D eigenvalue weighted by molar-refractivity contribution is -0.137. The number of amides is 1. The van der Waals surface area contributed by atoms with Gasteiger partial charge in [-0.1, -0.05) is 6.42 Å². The molecule has 3 fully saturated rings. The predicted octanol–water partition coefficient (Wildman–Crippen LogP) is 2.82. The second kappa shape index (κ2) is 11.2. The third kappa shape index (κ3) is 5.75. The van der Waals surface area contributed by atoms with E-state index in [1.54, 1.807) is 19.5 Å². The Bertz CT molecular complexity index is 678. The molecule has 1 amide bonds. The van der Waals surface area contributed by atoms with Gasteiger partial charge < -0.3 is 19.4 Å². The SMILES string of the molecule is COCCCN(C[C@H]1CCCN2CCCC[C@@H]12)C(=O)C1CCN(c2ncccn2)CC1. The summed E-state index contributed by atoms with van der Waals surface area (Å²) in [6.45, 7) is 6.66. The van der Waals surface area contributed by atoms with E-state index >= 15 is 0 Å². The van der Waals surface area contributed by atoms with Crippen LogP contribution in [-0.2, 0) is 9.53 Å². The summed E-state index contributed by atoms with van der Waals surface area (Å²) in [6, 6.07) is 2.52. The second-order valence-corrected chi connectivity index (χ2v) is 9.44. The number of aromatic nitrogens is 2. The fraction of sp³-hybridized carbons (Fsp3) is 0.792. The highest BCUT2D eigenvalue weighted by Crippen LogP contribution is 2.32. The summed E-state index contributed by atoms with van der Waals surface area (Å²) >= 11 is 0. The zero-order valence-corrected chi connectivity index (χ0v) is 19.1. The van der Waals surface area contributed by atoms with Gasteiger partial charge in [0.2, 0.25) is 11.9 Å². The van der Waals surface area contributed by atoms with Gasteiger partial charge in [-0.3, -0.25) is 4.79 Å². The number of nitrogens with zero attached hydrogens (tertiary/aromatic N) is 5. The molecule has 0 spiro atoms. The number of methoxy groups -OCH3 is 1. The van der Waals surface area contributed by atoms with Gasteiger partial charge in [0.15, 0.2) is 0 Å². The van der Waals surface area contributed by atoms with Crippen LogP contribution in [0.5, 0.6) is 0 Å². The van der Waals surface area contributed by atoms with Gasteiger partial charge in [0, 0.05) is 64.2 Å². The Morgan fingerprint density at radius 3 is 2.61 bits per heavy atom. The first-order valence-electron chi connectivity index (χ1n) is 12.3. The van der Waals surface area contributed by atoms with Gasteiger partial charge in [0.25, 0.3) is 0 Å². The van der Waals surface area contributed by atoms with Crippen molar-refractivity contribution in [1.82, 2.24) is 19.8 Å². The average molecular weight is 430 g/mol. The van der Waals surface area contributed by atoms with Gasteiger partial charge >= 0.3 is 0 Å². The van der Waals surface area contributed by atoms with Gasteiger partial charge in [0.05, 0.1) is 0 Å². The van der Waals surface area contributed by atoms with Crippen LogP contribution in [-0.4, -0.2) is 84.7 Å². The third-order valence-electron chi connectivity index (χ3n) is 7.45. The maximum absolute atomic E-state index is 13.6. The van der Waals surface area contributed by atoms with E-state index in [9.17, 15) is 4.79 Å². The molecule has 3 aliphatic heterocycles. The molecule has 1 aromatic rings. The van der Waals surface area contributed by atoms with Crippen molar-refractivity contribution in [1.29, 1.82) is 0 Å². The molecule has 2 atom stereocenters. The first-order valence-corrected chi connectivity index (χ1v) is 12.3. The minimum absolute atomic E-state index is 0.119. The second-order valence-electron chi connectivity index (χ2n) is 9.44. The van der Waals surface area contributed by atoms with E-state index in [0.29, 0.717) is 24.5 Å². The van der Waals surface area contributed by atoms with Gasteiger partial charge in [-0.15, -0.1) is 0 Å². The maximum Gasteiger partial charge on any atom is 0.225 e. The molecule has 0 N–H and O–H groups in total. The highest BCUT2D eigenvalue weighted by Gasteiger charge is 2.36. The molecule has 172 valence electrons. The van der Waals surface area contributed by atoms with Crippen LogP contribution in [0.25, 0.3) is 0 Å². The van der Waals surface area contributed by atoms with Crippen molar-refractivity contribution in [3.63, 3.8) is 0 Å². The standard InChI is InChI=1S/C24H39N5O2/c1-31-18-6-15-29(19-21-7-4-14-27-13-3-2-8-22(21)27)23(30)20-9-16-28(17-10-20)24-25-11-5-12-26-24/h5,11-12,20-22H,2-4,6-10,13-19H2,1H3/t21-,22+/m1/s1. The van der Waals surface area contributed by atoms with Crippen LogP contribution in [0.4, 0.5) is 5.95 Å². The fourth-order valence-corrected chi connectivity index (χ4v) is 5.80. The molecule has 0 saturated carbocycles. The van der Waals surface area contributed by atoms with Crippen molar-refractivity contribution in [3.8, 4) is 0 Å². The summed E-state index contributed by atoms with van der Waals surface area (Å²) in [5.41, 5.74) is 0. The first kappa shape index (κ1) is 22.5. The summed E-state index contributed by atoms with van der Waals surface area (Å²) in [6.07, 6.45) is 12.8. The van der Waals surface area contributed by atoms with E-state index < -0.39 is 0 Å². The summed E-state index contributed by atoms with van der Waals surface area (Å²) in [4.78, 5) is 29.4. The molecule has 3 aliphatic rings. The van der Waals surface area contributed by atoms with E-state index in [0.717, 1.165) is 51.4 Å². The van der Waals surface area contributed by atoms with Gasteiger partial charge in [-0.2, -0.15) is 0 Å². The Hall–Kier alpha value is -1.73. The molecule has 7 nitrogen and oxygen atoms in total. The van der Waals surface area contributed by atoms with Crippen molar-refractivity contribution < 1.29 is 9.53 Å². The zero-order chi connectivity index (χ0) is 21.5. The number of rotatable bonds is 8. The monoisotopic (exact) mass is 429 g/mol. The number of carbonyl (C=O) groups excluding carboxylic acids is 1. The van der Waals surface area contributed by atoms with Crippen molar-refractivity contribution in [2.75, 3.05) is 57.9 Å². The van der Waals surface area contributed by atoms with Crippen LogP contribution in [0.15, 0.2) is 18.5 Å². The van der Waals surface area contributed by atoms with E-state index in [2.05, 4.69) is 24.7 Å². The molecule has 0 radical (unpaired) electrons. The number of hydrogen-bond donors (Lipinski definition) is 0. The molecule has 7 heteroatoms. The van der Waals surface area contributed by atoms with Crippen LogP contribution >= 0.6 is 0 Å². The van der Waals surface area contributed by atoms with Gasteiger partial charge in [0.1, 0.15) is 0 Å². The van der Waals surface area contributed by atoms with Crippen molar-refractivity contribution >= 4 is 11.9 Å². The normalized spacial score (nSPS) is 25.3. The molecule has 4 heterocycles. The quantitative estimate of drug-likeness (QED) is 0.592. The topological polar surface area (TPSA) is 61.8 Å². The third-order valence-corrected chi connectivity index (χ3v) is 7.45. The minimum atomic E-state index is 0.119. The van der Waals surface area contributed by atoms with E-state index in [1.165, 1.54) is 45.2 Å². The van der Waals surface area contributed by atoms with Crippen molar-refractivity contribution in [2.45, 2.75) is 57.4 Å². The van der Waals surface area contributed by atoms with Gasteiger partial charge in [-0.25, -0.2) is 9.97 Å². The smallest absolute Gasteiger partial charge is 0.225 e. The van der Waals surface area contributed by atoms with Crippen LogP contribution < -0.4 is 4.90 Å². The van der Waals surface area contributed by atoms with Crippen molar-refractivity contribution in [3.05, 3.63) is 18.5 Å². The van der Waals surface area contributed by atoms with Crippen LogP contribution in [0.3, 0.4) is 0 Å². The van der Waals surface area contributed by atoms with Gasteiger partial charge in [-0.05, 0) is 70.0 Å². The summed E-state index contributed by atoms with van der Waals surface area (Å²) in [5.74, 6) is 1.88. The lowest BCUT2D eigenvalue weighted by atomic mass is 9.83. The Kier molecular flexibility index (Phi) is 8.14. The molecule has 1 aromatic heterocycles. The van der Waals surface area contributed by atoms with Crippen LogP contribution in [0.2, 0.25) is 0 Å². The largest absolute Gasteiger partial charge is 0.385 e. The van der Waals surface area contributed by atoms with E-state index in [1.807, 2.05) is 6.07 Å². The number of fused-ring (bicyclic) bond motifs is 1. The Balaban J connectivity index is 1.36. The summed E-state index contributed by atoms with van der Waals surface area (Å²) in [5, 5.41) is 0. The maximum atomic E-state index is 13.6. The molecular weight excluding hydrogens is 390 g/mol. The number of piperidine rings is 3. The Labute approximate surface area is 187 Å². The molecule has 0 aliphatic carbocycles. The van der Waals surface area contributed by atoms with Crippen LogP contribution in [0, 0.1) is 11.8 Å². The molecule has 31 heavy (non-hydrogen) atoms. The van der Waals surface area contributed by atoms with E-state index in [4.69, 9.17) is 4.74 Å². The molecule has 0 unspecified atom stereocenters. The van der Waals surface area contributed by atoms with Crippen molar-refractivity contribution in [2.24, 2.45) is 11.8 Å². The highest BCUT2D eigenvalue weighted by atomic mass is 16.5. The fourth-order valence-electron chi connectivity index (χ4n) is 5.80. The number of anilines is 1. The van der Waals surface area contributed by atoms with E-state index in [-0.39, 0.29) is 5.92 Å². The highest BCUT2D eigenvalue weighted by molar-refractivity contribution is 5.79. The molecule has 3 saturated heterocycles. The number of ether oxygens (including phenoxy) is 1. The average Bonchev–Trinajstić information content (AvgIpc) is 2.84. The first-order chi connectivity index (χ1) is 15.3. The minimum Gasteiger partial charge on any atom is -0.385 e. The molecular formula is C24H39N5O2. The number of carbonyl (C=O) groups is 1. The lowest BCUT2D eigenvalue weighted by Gasteiger charge is -2.46. The Morgan fingerprint density at radius 2 is 1.84 bits per heavy atom. The van der Waals surface area contributed by atoms with Crippen LogP contribution in [0.1, 0.15) is 51.4 Å². The number of hydrogen-bond acceptors (Lipinski definition) is 6. The molecule has 4 rings (SSSR count). The Morgan fingerprint density at radius 1 is 1.06 bits per heavy atom. The predicted molar refractivity (Wildman–Crippen MR) is 122 cm³/mol. The lowest BCUT2D eigenvalue weighted by Crippen LogP contribution is -2.52. The molecule has 0 aromatic carbocycles. The summed E-state index contributed by atoms with van der Waals surface area (Å²) in [7, 11) is 1.74. The summed E-state index contributed by atoms with van der Waals surface area (Å²) < 4.78 is 5.29.